The lowest BCUT2D eigenvalue weighted by Crippen LogP contribution is -2.31. The molecule has 2 aliphatic rings. The number of likely N-dealkylation sites (tertiary alicyclic amines) is 1. The average Bonchev–Trinajstić information content (AvgIpc) is 3.41. The lowest BCUT2D eigenvalue weighted by molar-refractivity contribution is 0.0794. The van der Waals surface area contributed by atoms with Gasteiger partial charge in [0.15, 0.2) is 5.82 Å². The fourth-order valence-corrected chi connectivity index (χ4v) is 4.18. The molecule has 32 heavy (non-hydrogen) atoms. The number of benzene rings is 1. The summed E-state index contributed by atoms with van der Waals surface area (Å²) in [5.74, 6) is -0.00596. The van der Waals surface area contributed by atoms with Crippen molar-refractivity contribution in [2.75, 3.05) is 39.3 Å². The maximum atomic E-state index is 13.9. The summed E-state index contributed by atoms with van der Waals surface area (Å²) in [6.45, 7) is 7.35. The zero-order valence-corrected chi connectivity index (χ0v) is 19.1. The van der Waals surface area contributed by atoms with E-state index in [1.165, 1.54) is 31.0 Å². The molecule has 1 fully saturated rings. The normalized spacial score (nSPS) is 16.8. The second-order valence-electron chi connectivity index (χ2n) is 8.23. The second-order valence-corrected chi connectivity index (χ2v) is 8.61. The van der Waals surface area contributed by atoms with E-state index in [0.29, 0.717) is 45.7 Å². The SMILES string of the molecule is Cc1nc(C2=C(N)CN(C(=O)c3ccc(F)cc3OCCN3CCCC3)C2)nc(C)c1Cl. The van der Waals surface area contributed by atoms with Gasteiger partial charge < -0.3 is 15.4 Å². The third kappa shape index (κ3) is 4.71. The molecule has 0 bridgehead atoms. The second kappa shape index (κ2) is 9.42. The lowest BCUT2D eigenvalue weighted by atomic mass is 10.1. The summed E-state index contributed by atoms with van der Waals surface area (Å²) in [5.41, 5.74) is 9.09. The zero-order chi connectivity index (χ0) is 22.8. The van der Waals surface area contributed by atoms with E-state index in [0.717, 1.165) is 19.6 Å². The van der Waals surface area contributed by atoms with Gasteiger partial charge >= 0.3 is 0 Å². The Morgan fingerprint density at radius 2 is 1.88 bits per heavy atom. The standard InChI is InChI=1S/C23H27ClFN5O2/c1-14-21(24)15(2)28-22(27-14)18-12-30(13-19(18)26)23(31)17-6-5-16(25)11-20(17)32-10-9-29-7-3-4-8-29/h5-6,11H,3-4,7-10,12-13,26H2,1-2H3. The van der Waals surface area contributed by atoms with Crippen LogP contribution in [0.15, 0.2) is 23.9 Å². The first-order valence-corrected chi connectivity index (χ1v) is 11.1. The van der Waals surface area contributed by atoms with Crippen molar-refractivity contribution in [1.82, 2.24) is 19.8 Å². The van der Waals surface area contributed by atoms with Gasteiger partial charge in [0.1, 0.15) is 18.2 Å². The van der Waals surface area contributed by atoms with Crippen LogP contribution in [0.4, 0.5) is 4.39 Å². The summed E-state index contributed by atoms with van der Waals surface area (Å²) in [4.78, 5) is 26.1. The highest BCUT2D eigenvalue weighted by molar-refractivity contribution is 6.31. The molecule has 2 N–H and O–H groups in total. The molecule has 1 saturated heterocycles. The summed E-state index contributed by atoms with van der Waals surface area (Å²) >= 11 is 6.18. The van der Waals surface area contributed by atoms with Crippen molar-refractivity contribution in [3.8, 4) is 5.75 Å². The van der Waals surface area contributed by atoms with Crippen LogP contribution < -0.4 is 10.5 Å². The first-order chi connectivity index (χ1) is 15.3. The summed E-state index contributed by atoms with van der Waals surface area (Å²) in [6.07, 6.45) is 2.37. The summed E-state index contributed by atoms with van der Waals surface area (Å²) in [7, 11) is 0. The van der Waals surface area contributed by atoms with E-state index in [1.54, 1.807) is 18.7 Å². The maximum Gasteiger partial charge on any atom is 0.258 e. The molecule has 1 amide bonds. The van der Waals surface area contributed by atoms with Crippen molar-refractivity contribution in [2.45, 2.75) is 26.7 Å². The molecule has 0 spiro atoms. The van der Waals surface area contributed by atoms with Gasteiger partial charge in [0.25, 0.3) is 5.91 Å². The molecule has 0 radical (unpaired) electrons. The Labute approximate surface area is 192 Å². The number of hydrogen-bond donors (Lipinski definition) is 1. The van der Waals surface area contributed by atoms with E-state index in [9.17, 15) is 9.18 Å². The molecule has 2 aliphatic heterocycles. The molecular formula is C23H27ClFN5O2. The van der Waals surface area contributed by atoms with Gasteiger partial charge in [0, 0.05) is 23.9 Å². The molecule has 3 heterocycles. The molecule has 0 aliphatic carbocycles. The molecule has 170 valence electrons. The van der Waals surface area contributed by atoms with E-state index < -0.39 is 5.82 Å². The monoisotopic (exact) mass is 459 g/mol. The van der Waals surface area contributed by atoms with Crippen molar-refractivity contribution in [1.29, 1.82) is 0 Å². The number of rotatable bonds is 6. The van der Waals surface area contributed by atoms with Crippen LogP contribution in [0.1, 0.15) is 40.4 Å². The highest BCUT2D eigenvalue weighted by atomic mass is 35.5. The summed E-state index contributed by atoms with van der Waals surface area (Å²) in [5, 5.41) is 0.515. The van der Waals surface area contributed by atoms with Crippen molar-refractivity contribution < 1.29 is 13.9 Å². The number of nitrogens with zero attached hydrogens (tertiary/aromatic N) is 4. The Morgan fingerprint density at radius 1 is 1.19 bits per heavy atom. The van der Waals surface area contributed by atoms with Gasteiger partial charge in [0.2, 0.25) is 0 Å². The smallest absolute Gasteiger partial charge is 0.258 e. The molecular weight excluding hydrogens is 433 g/mol. The van der Waals surface area contributed by atoms with Gasteiger partial charge in [-0.25, -0.2) is 14.4 Å². The van der Waals surface area contributed by atoms with Crippen molar-refractivity contribution >= 4 is 23.1 Å². The van der Waals surface area contributed by atoms with Crippen LogP contribution in [0.5, 0.6) is 5.75 Å². The quantitative estimate of drug-likeness (QED) is 0.714. The van der Waals surface area contributed by atoms with Crippen molar-refractivity contribution in [2.24, 2.45) is 5.73 Å². The Kier molecular flexibility index (Phi) is 6.62. The maximum absolute atomic E-state index is 13.9. The fourth-order valence-electron chi connectivity index (χ4n) is 4.10. The van der Waals surface area contributed by atoms with Crippen LogP contribution in [0.25, 0.3) is 5.57 Å². The van der Waals surface area contributed by atoms with Crippen molar-refractivity contribution in [3.63, 3.8) is 0 Å². The van der Waals surface area contributed by atoms with E-state index in [4.69, 9.17) is 22.1 Å². The predicted molar refractivity (Wildman–Crippen MR) is 121 cm³/mol. The number of halogens is 2. The molecule has 1 aromatic carbocycles. The van der Waals surface area contributed by atoms with E-state index in [1.807, 2.05) is 0 Å². The average molecular weight is 460 g/mol. The number of nitrogens with two attached hydrogens (primary N) is 1. The Bertz CT molecular complexity index is 1050. The van der Waals surface area contributed by atoms with Crippen LogP contribution >= 0.6 is 11.6 Å². The van der Waals surface area contributed by atoms with E-state index >= 15 is 0 Å². The Morgan fingerprint density at radius 3 is 2.56 bits per heavy atom. The minimum Gasteiger partial charge on any atom is -0.491 e. The van der Waals surface area contributed by atoms with Crippen LogP contribution in [-0.4, -0.2) is 65.0 Å². The molecule has 9 heteroatoms. The summed E-state index contributed by atoms with van der Waals surface area (Å²) < 4.78 is 19.7. The van der Waals surface area contributed by atoms with Crippen LogP contribution in [0.2, 0.25) is 5.02 Å². The number of amides is 1. The number of hydrogen-bond acceptors (Lipinski definition) is 6. The topological polar surface area (TPSA) is 84.6 Å². The molecule has 0 atom stereocenters. The Balaban J connectivity index is 1.49. The molecule has 1 aromatic heterocycles. The van der Waals surface area contributed by atoms with E-state index in [-0.39, 0.29) is 24.7 Å². The zero-order valence-electron chi connectivity index (χ0n) is 18.3. The molecule has 4 rings (SSSR count). The van der Waals surface area contributed by atoms with Gasteiger partial charge in [-0.15, -0.1) is 0 Å². The first-order valence-electron chi connectivity index (χ1n) is 10.8. The third-order valence-corrected chi connectivity index (χ3v) is 6.42. The Hall–Kier alpha value is -2.71. The van der Waals surface area contributed by atoms with Crippen LogP contribution in [0, 0.1) is 19.7 Å². The van der Waals surface area contributed by atoms with E-state index in [2.05, 4.69) is 14.9 Å². The van der Waals surface area contributed by atoms with Crippen LogP contribution in [-0.2, 0) is 0 Å². The summed E-state index contributed by atoms with van der Waals surface area (Å²) in [6, 6.07) is 3.99. The lowest BCUT2D eigenvalue weighted by Gasteiger charge is -2.20. The van der Waals surface area contributed by atoms with Gasteiger partial charge in [-0.2, -0.15) is 0 Å². The molecule has 0 unspecified atom stereocenters. The van der Waals surface area contributed by atoms with Gasteiger partial charge in [-0.1, -0.05) is 11.6 Å². The van der Waals surface area contributed by atoms with Gasteiger partial charge in [-0.05, 0) is 51.9 Å². The van der Waals surface area contributed by atoms with Crippen molar-refractivity contribution in [3.05, 3.63) is 57.5 Å². The predicted octanol–water partition coefficient (Wildman–Crippen LogP) is 3.19. The van der Waals surface area contributed by atoms with Gasteiger partial charge in [-0.3, -0.25) is 9.69 Å². The largest absolute Gasteiger partial charge is 0.491 e. The van der Waals surface area contributed by atoms with Gasteiger partial charge in [0.05, 0.1) is 35.1 Å². The highest BCUT2D eigenvalue weighted by Gasteiger charge is 2.29. The number of aromatic nitrogens is 2. The number of carbonyl (C=O) groups is 1. The highest BCUT2D eigenvalue weighted by Crippen LogP contribution is 2.28. The van der Waals surface area contributed by atoms with Crippen LogP contribution in [0.3, 0.4) is 0 Å². The first kappa shape index (κ1) is 22.5. The minimum absolute atomic E-state index is 0.239. The molecule has 2 aromatic rings. The number of ether oxygens (including phenoxy) is 1. The number of aryl methyl sites for hydroxylation is 2. The molecule has 0 saturated carbocycles. The third-order valence-electron chi connectivity index (χ3n) is 5.88. The minimum atomic E-state index is -0.446. The number of carbonyl (C=O) groups excluding carboxylic acids is 1. The molecule has 7 nitrogen and oxygen atoms in total. The fraction of sp³-hybridized carbons (Fsp3) is 0.435.